The quantitative estimate of drug-likeness (QED) is 0.863. The normalized spacial score (nSPS) is 10.4. The minimum Gasteiger partial charge on any atom is -0.377 e. The van der Waals surface area contributed by atoms with Crippen LogP contribution in [0.3, 0.4) is 0 Å². The number of anilines is 1. The highest BCUT2D eigenvalue weighted by atomic mass is 35.5. The van der Waals surface area contributed by atoms with E-state index in [9.17, 15) is 4.79 Å². The number of rotatable bonds is 4. The van der Waals surface area contributed by atoms with E-state index in [0.29, 0.717) is 17.3 Å². The predicted octanol–water partition coefficient (Wildman–Crippen LogP) is 2.89. The Morgan fingerprint density at radius 3 is 2.78 bits per heavy atom. The van der Waals surface area contributed by atoms with E-state index in [1.165, 1.54) is 0 Å². The van der Waals surface area contributed by atoms with Crippen LogP contribution < -0.4 is 5.32 Å². The van der Waals surface area contributed by atoms with E-state index >= 15 is 0 Å². The summed E-state index contributed by atoms with van der Waals surface area (Å²) in [6.45, 7) is 2.08. The van der Waals surface area contributed by atoms with Crippen LogP contribution >= 0.6 is 11.6 Å². The first-order valence-electron chi connectivity index (χ1n) is 5.59. The summed E-state index contributed by atoms with van der Waals surface area (Å²) in [7, 11) is 1.85. The fourth-order valence-corrected chi connectivity index (χ4v) is 1.85. The number of imidazole rings is 1. The van der Waals surface area contributed by atoms with Crippen LogP contribution in [-0.2, 0) is 13.6 Å². The summed E-state index contributed by atoms with van der Waals surface area (Å²) in [5.74, 6) is 0.856. The molecule has 0 radical (unpaired) electrons. The fraction of sp³-hybridized carbons (Fsp3) is 0.231. The van der Waals surface area contributed by atoms with Crippen molar-refractivity contribution in [3.63, 3.8) is 0 Å². The number of benzene rings is 1. The minimum atomic E-state index is 0.0379. The molecule has 0 saturated heterocycles. The number of Topliss-reactive ketones (excluding diaryl/α,β-unsaturated/α-hetero) is 1. The highest BCUT2D eigenvalue weighted by Gasteiger charge is 2.08. The van der Waals surface area contributed by atoms with Gasteiger partial charge in [-0.25, -0.2) is 4.98 Å². The minimum absolute atomic E-state index is 0.0379. The average molecular weight is 264 g/mol. The lowest BCUT2D eigenvalue weighted by Gasteiger charge is -2.10. The van der Waals surface area contributed by atoms with Gasteiger partial charge in [0.15, 0.2) is 5.78 Å². The SMILES string of the molecule is CC(=O)c1ccccc1NCc1ncc(Cl)n1C. The Morgan fingerprint density at radius 1 is 1.44 bits per heavy atom. The lowest BCUT2D eigenvalue weighted by Crippen LogP contribution is -2.08. The third-order valence-electron chi connectivity index (χ3n) is 2.77. The van der Waals surface area contributed by atoms with E-state index in [2.05, 4.69) is 10.3 Å². The van der Waals surface area contributed by atoms with Gasteiger partial charge in [0.2, 0.25) is 0 Å². The van der Waals surface area contributed by atoms with Crippen molar-refractivity contribution in [3.8, 4) is 0 Å². The van der Waals surface area contributed by atoms with E-state index < -0.39 is 0 Å². The molecule has 2 aromatic rings. The third-order valence-corrected chi connectivity index (χ3v) is 3.12. The van der Waals surface area contributed by atoms with Crippen LogP contribution in [0, 0.1) is 0 Å². The molecule has 2 rings (SSSR count). The molecule has 4 nitrogen and oxygen atoms in total. The number of nitrogens with one attached hydrogen (secondary N) is 1. The van der Waals surface area contributed by atoms with Crippen molar-refractivity contribution in [1.82, 2.24) is 9.55 Å². The molecule has 1 N–H and O–H groups in total. The summed E-state index contributed by atoms with van der Waals surface area (Å²) in [4.78, 5) is 15.7. The lowest BCUT2D eigenvalue weighted by atomic mass is 10.1. The fourth-order valence-electron chi connectivity index (χ4n) is 1.71. The number of halogens is 1. The highest BCUT2D eigenvalue weighted by Crippen LogP contribution is 2.17. The smallest absolute Gasteiger partial charge is 0.161 e. The zero-order chi connectivity index (χ0) is 13.1. The van der Waals surface area contributed by atoms with E-state index in [1.54, 1.807) is 23.8 Å². The number of hydrogen-bond acceptors (Lipinski definition) is 3. The van der Waals surface area contributed by atoms with Crippen molar-refractivity contribution in [1.29, 1.82) is 0 Å². The molecule has 0 amide bonds. The van der Waals surface area contributed by atoms with Crippen molar-refractivity contribution in [3.05, 3.63) is 47.0 Å². The van der Waals surface area contributed by atoms with Gasteiger partial charge in [-0.15, -0.1) is 0 Å². The first-order valence-corrected chi connectivity index (χ1v) is 5.97. The second kappa shape index (κ2) is 5.23. The first-order chi connectivity index (χ1) is 8.59. The van der Waals surface area contributed by atoms with Crippen LogP contribution in [0.1, 0.15) is 23.1 Å². The summed E-state index contributed by atoms with van der Waals surface area (Å²) < 4.78 is 1.80. The molecule has 18 heavy (non-hydrogen) atoms. The number of hydrogen-bond donors (Lipinski definition) is 1. The number of aromatic nitrogens is 2. The zero-order valence-electron chi connectivity index (χ0n) is 10.3. The Labute approximate surface area is 111 Å². The number of carbonyl (C=O) groups is 1. The predicted molar refractivity (Wildman–Crippen MR) is 72.0 cm³/mol. The second-order valence-corrected chi connectivity index (χ2v) is 4.40. The van der Waals surface area contributed by atoms with Gasteiger partial charge in [0.25, 0.3) is 0 Å². The maximum Gasteiger partial charge on any atom is 0.161 e. The van der Waals surface area contributed by atoms with Gasteiger partial charge in [-0.2, -0.15) is 0 Å². The third kappa shape index (κ3) is 2.54. The Bertz CT molecular complexity index is 577. The van der Waals surface area contributed by atoms with Crippen molar-refractivity contribution in [2.75, 3.05) is 5.32 Å². The molecule has 0 aliphatic rings. The topological polar surface area (TPSA) is 46.9 Å². The first kappa shape index (κ1) is 12.6. The Balaban J connectivity index is 2.16. The monoisotopic (exact) mass is 263 g/mol. The summed E-state index contributed by atoms with van der Waals surface area (Å²) in [5.41, 5.74) is 1.49. The van der Waals surface area contributed by atoms with E-state index in [1.807, 2.05) is 25.2 Å². The van der Waals surface area contributed by atoms with Crippen LogP contribution in [0.15, 0.2) is 30.5 Å². The van der Waals surface area contributed by atoms with Crippen molar-refractivity contribution >= 4 is 23.1 Å². The summed E-state index contributed by atoms with van der Waals surface area (Å²) in [5, 5.41) is 3.79. The number of ketones is 1. The molecule has 0 aliphatic carbocycles. The molecular formula is C13H14ClN3O. The molecule has 1 heterocycles. The Morgan fingerprint density at radius 2 is 2.17 bits per heavy atom. The summed E-state index contributed by atoms with van der Waals surface area (Å²) in [6, 6.07) is 7.41. The largest absolute Gasteiger partial charge is 0.377 e. The maximum absolute atomic E-state index is 11.5. The Kier molecular flexibility index (Phi) is 3.67. The molecule has 1 aromatic carbocycles. The van der Waals surface area contributed by atoms with Crippen molar-refractivity contribution < 1.29 is 4.79 Å². The van der Waals surface area contributed by atoms with Gasteiger partial charge in [-0.3, -0.25) is 4.79 Å². The van der Waals surface area contributed by atoms with Gasteiger partial charge >= 0.3 is 0 Å². The lowest BCUT2D eigenvalue weighted by molar-refractivity contribution is 0.101. The molecule has 0 spiro atoms. The van der Waals surface area contributed by atoms with Gasteiger partial charge < -0.3 is 9.88 Å². The van der Waals surface area contributed by atoms with Crippen LogP contribution in [0.5, 0.6) is 0 Å². The van der Waals surface area contributed by atoms with Crippen LogP contribution in [0.25, 0.3) is 0 Å². The molecule has 0 fully saturated rings. The number of nitrogens with zero attached hydrogens (tertiary/aromatic N) is 2. The molecule has 0 saturated carbocycles. The highest BCUT2D eigenvalue weighted by molar-refractivity contribution is 6.29. The molecule has 0 atom stereocenters. The molecule has 1 aromatic heterocycles. The molecule has 94 valence electrons. The summed E-state index contributed by atoms with van der Waals surface area (Å²) >= 11 is 5.91. The van der Waals surface area contributed by atoms with Gasteiger partial charge in [0.1, 0.15) is 11.0 Å². The number of carbonyl (C=O) groups excluding carboxylic acids is 1. The van der Waals surface area contributed by atoms with Gasteiger partial charge in [-0.05, 0) is 19.1 Å². The van der Waals surface area contributed by atoms with Gasteiger partial charge in [0, 0.05) is 18.3 Å². The Hall–Kier alpha value is -1.81. The zero-order valence-corrected chi connectivity index (χ0v) is 11.0. The van der Waals surface area contributed by atoms with Crippen molar-refractivity contribution in [2.45, 2.75) is 13.5 Å². The number of para-hydroxylation sites is 1. The van der Waals surface area contributed by atoms with Gasteiger partial charge in [0.05, 0.1) is 12.7 Å². The molecule has 0 bridgehead atoms. The van der Waals surface area contributed by atoms with Crippen LogP contribution in [-0.4, -0.2) is 15.3 Å². The van der Waals surface area contributed by atoms with Crippen LogP contribution in [0.2, 0.25) is 5.15 Å². The standard InChI is InChI=1S/C13H14ClN3O/c1-9(18)10-5-3-4-6-11(10)15-8-13-16-7-12(14)17(13)2/h3-7,15H,8H2,1-2H3. The van der Waals surface area contributed by atoms with E-state index in [-0.39, 0.29) is 5.78 Å². The molecular weight excluding hydrogens is 250 g/mol. The molecule has 5 heteroatoms. The molecule has 0 unspecified atom stereocenters. The van der Waals surface area contributed by atoms with E-state index in [4.69, 9.17) is 11.6 Å². The van der Waals surface area contributed by atoms with Crippen molar-refractivity contribution in [2.24, 2.45) is 7.05 Å². The van der Waals surface area contributed by atoms with E-state index in [0.717, 1.165) is 11.5 Å². The maximum atomic E-state index is 11.5. The molecule has 0 aliphatic heterocycles. The summed E-state index contributed by atoms with van der Waals surface area (Å²) in [6.07, 6.45) is 1.61. The average Bonchev–Trinajstić information content (AvgIpc) is 2.68. The van der Waals surface area contributed by atoms with Crippen LogP contribution in [0.4, 0.5) is 5.69 Å². The van der Waals surface area contributed by atoms with Gasteiger partial charge in [-0.1, -0.05) is 23.7 Å². The second-order valence-electron chi connectivity index (χ2n) is 4.01.